The molecule has 124 valence electrons. The average molecular weight is 326 g/mol. The van der Waals surface area contributed by atoms with Gasteiger partial charge in [0.05, 0.1) is 6.10 Å². The molecule has 1 saturated heterocycles. The monoisotopic (exact) mass is 325 g/mol. The molecule has 0 aromatic heterocycles. The van der Waals surface area contributed by atoms with Crippen LogP contribution < -0.4 is 4.90 Å². The van der Waals surface area contributed by atoms with E-state index >= 15 is 0 Å². The molecule has 1 aromatic carbocycles. The largest absolute Gasteiger partial charge is 0.390 e. The first-order valence-electron chi connectivity index (χ1n) is 8.25. The highest BCUT2D eigenvalue weighted by molar-refractivity contribution is 6.30. The first-order valence-corrected chi connectivity index (χ1v) is 8.63. The number of benzene rings is 1. The van der Waals surface area contributed by atoms with Crippen molar-refractivity contribution in [1.29, 1.82) is 0 Å². The lowest BCUT2D eigenvalue weighted by Crippen LogP contribution is -2.50. The Labute approximate surface area is 139 Å². The molecule has 0 saturated carbocycles. The molecule has 1 atom stereocenters. The lowest BCUT2D eigenvalue weighted by molar-refractivity contribution is 0.0749. The van der Waals surface area contributed by atoms with Gasteiger partial charge in [0.15, 0.2) is 0 Å². The first-order chi connectivity index (χ1) is 10.6. The summed E-state index contributed by atoms with van der Waals surface area (Å²) in [4.78, 5) is 6.99. The average Bonchev–Trinajstić information content (AvgIpc) is 2.53. The molecular formula is C17H28ClN3O. The highest BCUT2D eigenvalue weighted by Crippen LogP contribution is 2.20. The van der Waals surface area contributed by atoms with Crippen molar-refractivity contribution in [3.63, 3.8) is 0 Å². The molecule has 1 heterocycles. The van der Waals surface area contributed by atoms with Crippen molar-refractivity contribution >= 4 is 17.3 Å². The fraction of sp³-hybridized carbons (Fsp3) is 0.647. The van der Waals surface area contributed by atoms with Crippen LogP contribution in [0.3, 0.4) is 0 Å². The molecular weight excluding hydrogens is 298 g/mol. The molecule has 0 bridgehead atoms. The van der Waals surface area contributed by atoms with Gasteiger partial charge in [-0.05, 0) is 31.3 Å². The Hall–Kier alpha value is -0.810. The van der Waals surface area contributed by atoms with E-state index in [4.69, 9.17) is 11.6 Å². The lowest BCUT2D eigenvalue weighted by atomic mass is 10.2. The minimum absolute atomic E-state index is 0.266. The van der Waals surface area contributed by atoms with Gasteiger partial charge in [0.1, 0.15) is 0 Å². The van der Waals surface area contributed by atoms with Crippen molar-refractivity contribution in [2.75, 3.05) is 57.3 Å². The molecule has 1 fully saturated rings. The number of anilines is 1. The summed E-state index contributed by atoms with van der Waals surface area (Å²) in [7, 11) is 0. The van der Waals surface area contributed by atoms with Crippen LogP contribution in [0, 0.1) is 0 Å². The molecule has 0 amide bonds. The molecule has 5 heteroatoms. The van der Waals surface area contributed by atoms with Gasteiger partial charge in [-0.3, -0.25) is 4.90 Å². The van der Waals surface area contributed by atoms with Crippen LogP contribution in [0.5, 0.6) is 0 Å². The van der Waals surface area contributed by atoms with Crippen molar-refractivity contribution in [3.05, 3.63) is 29.3 Å². The van der Waals surface area contributed by atoms with E-state index < -0.39 is 0 Å². The van der Waals surface area contributed by atoms with Gasteiger partial charge >= 0.3 is 0 Å². The number of likely N-dealkylation sites (N-methyl/N-ethyl adjacent to an activating group) is 1. The minimum atomic E-state index is -0.266. The highest BCUT2D eigenvalue weighted by atomic mass is 35.5. The third-order valence-corrected chi connectivity index (χ3v) is 4.61. The Morgan fingerprint density at radius 3 is 2.45 bits per heavy atom. The van der Waals surface area contributed by atoms with Crippen molar-refractivity contribution in [2.24, 2.45) is 0 Å². The van der Waals surface area contributed by atoms with Gasteiger partial charge in [-0.2, -0.15) is 0 Å². The number of aliphatic hydroxyl groups excluding tert-OH is 1. The van der Waals surface area contributed by atoms with E-state index in [0.717, 1.165) is 57.4 Å². The second-order valence-electron chi connectivity index (χ2n) is 5.91. The molecule has 0 unspecified atom stereocenters. The third kappa shape index (κ3) is 5.13. The topological polar surface area (TPSA) is 30.0 Å². The van der Waals surface area contributed by atoms with Crippen LogP contribution in [0.25, 0.3) is 0 Å². The van der Waals surface area contributed by atoms with Gasteiger partial charge in [-0.1, -0.05) is 31.5 Å². The molecule has 1 N–H and O–H groups in total. The number of piperazine rings is 1. The summed E-state index contributed by atoms with van der Waals surface area (Å²) in [5.41, 5.74) is 1.19. The summed E-state index contributed by atoms with van der Waals surface area (Å²) in [6, 6.07) is 8.03. The van der Waals surface area contributed by atoms with E-state index in [0.29, 0.717) is 0 Å². The summed E-state index contributed by atoms with van der Waals surface area (Å²) in [6.07, 6.45) is -0.266. The summed E-state index contributed by atoms with van der Waals surface area (Å²) >= 11 is 6.06. The Kier molecular flexibility index (Phi) is 6.96. The summed E-state index contributed by atoms with van der Waals surface area (Å²) in [5.74, 6) is 0. The second-order valence-corrected chi connectivity index (χ2v) is 6.34. The molecule has 0 spiro atoms. The van der Waals surface area contributed by atoms with Crippen LogP contribution in [0.2, 0.25) is 5.02 Å². The van der Waals surface area contributed by atoms with Crippen molar-refractivity contribution in [1.82, 2.24) is 9.80 Å². The number of hydrogen-bond donors (Lipinski definition) is 1. The van der Waals surface area contributed by atoms with E-state index in [1.807, 2.05) is 18.2 Å². The maximum Gasteiger partial charge on any atom is 0.0793 e. The number of halogens is 1. The van der Waals surface area contributed by atoms with Crippen LogP contribution in [0.15, 0.2) is 24.3 Å². The van der Waals surface area contributed by atoms with Crippen molar-refractivity contribution in [3.8, 4) is 0 Å². The zero-order valence-corrected chi connectivity index (χ0v) is 14.5. The van der Waals surface area contributed by atoms with E-state index in [-0.39, 0.29) is 6.10 Å². The number of rotatable bonds is 7. The van der Waals surface area contributed by atoms with Gasteiger partial charge in [-0.15, -0.1) is 0 Å². The van der Waals surface area contributed by atoms with E-state index in [1.165, 1.54) is 5.69 Å². The van der Waals surface area contributed by atoms with E-state index in [1.54, 1.807) is 0 Å². The first kappa shape index (κ1) is 17.5. The fourth-order valence-electron chi connectivity index (χ4n) is 3.00. The predicted molar refractivity (Wildman–Crippen MR) is 93.9 cm³/mol. The summed E-state index contributed by atoms with van der Waals surface area (Å²) in [5, 5.41) is 11.0. The van der Waals surface area contributed by atoms with Crippen LogP contribution in [-0.2, 0) is 0 Å². The number of aliphatic hydroxyl groups is 1. The highest BCUT2D eigenvalue weighted by Gasteiger charge is 2.20. The maximum absolute atomic E-state index is 10.2. The SMILES string of the molecule is CCN(CC)C[C@@H](O)CN1CCN(c2cccc(Cl)c2)CC1. The Bertz CT molecular complexity index is 445. The summed E-state index contributed by atoms with van der Waals surface area (Å²) < 4.78 is 0. The lowest BCUT2D eigenvalue weighted by Gasteiger charge is -2.37. The minimum Gasteiger partial charge on any atom is -0.390 e. The molecule has 0 aliphatic carbocycles. The molecule has 1 aromatic rings. The smallest absolute Gasteiger partial charge is 0.0793 e. The van der Waals surface area contributed by atoms with Gasteiger partial charge in [0.25, 0.3) is 0 Å². The van der Waals surface area contributed by atoms with Crippen LogP contribution in [0.1, 0.15) is 13.8 Å². The Balaban J connectivity index is 1.77. The van der Waals surface area contributed by atoms with Gasteiger partial charge in [-0.25, -0.2) is 0 Å². The molecule has 22 heavy (non-hydrogen) atoms. The zero-order chi connectivity index (χ0) is 15.9. The van der Waals surface area contributed by atoms with E-state index in [9.17, 15) is 5.11 Å². The van der Waals surface area contributed by atoms with E-state index in [2.05, 4.69) is 34.6 Å². The zero-order valence-electron chi connectivity index (χ0n) is 13.7. The number of nitrogens with zero attached hydrogens (tertiary/aromatic N) is 3. The normalized spacial score (nSPS) is 18.0. The van der Waals surface area contributed by atoms with Gasteiger partial charge in [0, 0.05) is 50.0 Å². The molecule has 0 radical (unpaired) electrons. The fourth-order valence-corrected chi connectivity index (χ4v) is 3.18. The molecule has 2 rings (SSSR count). The summed E-state index contributed by atoms with van der Waals surface area (Å²) in [6.45, 7) is 11.7. The standard InChI is InChI=1S/C17H28ClN3O/c1-3-19(4-2)13-17(22)14-20-8-10-21(11-9-20)16-7-5-6-15(18)12-16/h5-7,12,17,22H,3-4,8-11,13-14H2,1-2H3/t17-/m1/s1. The molecule has 4 nitrogen and oxygen atoms in total. The Morgan fingerprint density at radius 2 is 1.86 bits per heavy atom. The predicted octanol–water partition coefficient (Wildman–Crippen LogP) is 2.16. The quantitative estimate of drug-likeness (QED) is 0.832. The van der Waals surface area contributed by atoms with Gasteiger partial charge in [0.2, 0.25) is 0 Å². The molecule has 1 aliphatic heterocycles. The van der Waals surface area contributed by atoms with Crippen LogP contribution in [0.4, 0.5) is 5.69 Å². The van der Waals surface area contributed by atoms with Crippen molar-refractivity contribution < 1.29 is 5.11 Å². The van der Waals surface area contributed by atoms with Gasteiger partial charge < -0.3 is 14.9 Å². The number of β-amino-alcohol motifs (C(OH)–C–C–N with tert-alkyl or cyclic N) is 1. The number of hydrogen-bond acceptors (Lipinski definition) is 4. The second kappa shape index (κ2) is 8.73. The third-order valence-electron chi connectivity index (χ3n) is 4.38. The van der Waals surface area contributed by atoms with Crippen molar-refractivity contribution in [2.45, 2.75) is 20.0 Å². The van der Waals surface area contributed by atoms with Crippen LogP contribution in [-0.4, -0.2) is 73.4 Å². The van der Waals surface area contributed by atoms with Crippen LogP contribution >= 0.6 is 11.6 Å². The molecule has 1 aliphatic rings. The maximum atomic E-state index is 10.2. The Morgan fingerprint density at radius 1 is 1.18 bits per heavy atom.